The molecule has 22 heavy (non-hydrogen) atoms. The molecule has 3 aromatic rings. The Labute approximate surface area is 131 Å². The summed E-state index contributed by atoms with van der Waals surface area (Å²) in [6.07, 6.45) is 2.77. The smallest absolute Gasteiger partial charge is 0.153 e. The van der Waals surface area contributed by atoms with E-state index in [9.17, 15) is 9.50 Å². The third-order valence-corrected chi connectivity index (χ3v) is 4.49. The highest BCUT2D eigenvalue weighted by Crippen LogP contribution is 2.24. The largest absolute Gasteiger partial charge is 0.385 e. The molecule has 0 saturated heterocycles. The van der Waals surface area contributed by atoms with Crippen molar-refractivity contribution in [3.8, 4) is 0 Å². The fourth-order valence-corrected chi connectivity index (χ4v) is 3.35. The Bertz CT molecular complexity index is 727. The standard InChI is InChI=1S/C16H16FN3OS/c17-13-3-1-2-11(8-13)9-15-12(6-7-22-15)4-5-14(21)16-18-10-19-20-16/h1-3,6-8,10,14,21H,4-5,9H2,(H,18,19,20). The minimum atomic E-state index is -0.649. The van der Waals surface area contributed by atoms with E-state index >= 15 is 0 Å². The van der Waals surface area contributed by atoms with E-state index in [1.54, 1.807) is 23.5 Å². The van der Waals surface area contributed by atoms with Crippen LogP contribution >= 0.6 is 11.3 Å². The molecule has 3 rings (SSSR count). The molecule has 0 aliphatic carbocycles. The summed E-state index contributed by atoms with van der Waals surface area (Å²) in [4.78, 5) is 5.16. The van der Waals surface area contributed by atoms with Gasteiger partial charge >= 0.3 is 0 Å². The van der Waals surface area contributed by atoms with Crippen LogP contribution in [0, 0.1) is 5.82 Å². The lowest BCUT2D eigenvalue weighted by Gasteiger charge is -2.08. The molecule has 2 heterocycles. The number of aryl methyl sites for hydroxylation is 1. The first-order valence-corrected chi connectivity index (χ1v) is 7.93. The number of nitrogens with zero attached hydrogens (tertiary/aromatic N) is 2. The maximum absolute atomic E-state index is 13.3. The molecule has 6 heteroatoms. The van der Waals surface area contributed by atoms with Crippen LogP contribution in [0.15, 0.2) is 42.0 Å². The van der Waals surface area contributed by atoms with Crippen LogP contribution in [0.25, 0.3) is 0 Å². The summed E-state index contributed by atoms with van der Waals surface area (Å²) in [6.45, 7) is 0. The van der Waals surface area contributed by atoms with Crippen molar-refractivity contribution in [2.24, 2.45) is 0 Å². The maximum Gasteiger partial charge on any atom is 0.153 e. The number of nitrogens with one attached hydrogen (secondary N) is 1. The van der Waals surface area contributed by atoms with Crippen molar-refractivity contribution in [1.29, 1.82) is 0 Å². The predicted molar refractivity (Wildman–Crippen MR) is 83.2 cm³/mol. The summed E-state index contributed by atoms with van der Waals surface area (Å²) in [6, 6.07) is 8.73. The molecule has 1 atom stereocenters. The molecule has 0 aliphatic heterocycles. The minimum absolute atomic E-state index is 0.212. The number of aromatic nitrogens is 3. The Morgan fingerprint density at radius 1 is 1.32 bits per heavy atom. The molecular formula is C16H16FN3OS. The average molecular weight is 317 g/mol. The van der Waals surface area contributed by atoms with Crippen molar-refractivity contribution in [3.63, 3.8) is 0 Å². The van der Waals surface area contributed by atoms with Crippen molar-refractivity contribution in [1.82, 2.24) is 15.2 Å². The van der Waals surface area contributed by atoms with Crippen LogP contribution in [-0.4, -0.2) is 20.3 Å². The molecule has 1 unspecified atom stereocenters. The SMILES string of the molecule is OC(CCc1ccsc1Cc1cccc(F)c1)c1ncn[nH]1. The zero-order chi connectivity index (χ0) is 15.4. The fourth-order valence-electron chi connectivity index (χ4n) is 2.38. The first-order valence-electron chi connectivity index (χ1n) is 7.05. The monoisotopic (exact) mass is 317 g/mol. The summed E-state index contributed by atoms with van der Waals surface area (Å²) in [5.41, 5.74) is 2.15. The van der Waals surface area contributed by atoms with Crippen LogP contribution < -0.4 is 0 Å². The molecule has 114 valence electrons. The van der Waals surface area contributed by atoms with Crippen LogP contribution in [0.5, 0.6) is 0 Å². The third-order valence-electron chi connectivity index (χ3n) is 3.53. The first kappa shape index (κ1) is 14.9. The van der Waals surface area contributed by atoms with Gasteiger partial charge in [0.2, 0.25) is 0 Å². The van der Waals surface area contributed by atoms with E-state index in [1.807, 2.05) is 11.4 Å². The van der Waals surface area contributed by atoms with Crippen LogP contribution in [0.2, 0.25) is 0 Å². The van der Waals surface area contributed by atoms with Crippen molar-refractivity contribution < 1.29 is 9.50 Å². The molecule has 0 fully saturated rings. The number of H-pyrrole nitrogens is 1. The van der Waals surface area contributed by atoms with Crippen LogP contribution in [-0.2, 0) is 12.8 Å². The summed E-state index contributed by atoms with van der Waals surface area (Å²) < 4.78 is 13.3. The molecule has 0 radical (unpaired) electrons. The van der Waals surface area contributed by atoms with Gasteiger partial charge in [-0.2, -0.15) is 5.10 Å². The summed E-state index contributed by atoms with van der Waals surface area (Å²) in [5, 5.41) is 18.5. The molecule has 1 aromatic carbocycles. The molecule has 0 saturated carbocycles. The van der Waals surface area contributed by atoms with Gasteiger partial charge in [0.15, 0.2) is 5.82 Å². The molecule has 2 N–H and O–H groups in total. The van der Waals surface area contributed by atoms with E-state index in [2.05, 4.69) is 21.2 Å². The quantitative estimate of drug-likeness (QED) is 0.733. The highest BCUT2D eigenvalue weighted by Gasteiger charge is 2.13. The van der Waals surface area contributed by atoms with Gasteiger partial charge in [-0.15, -0.1) is 11.3 Å². The number of hydrogen-bond donors (Lipinski definition) is 2. The second-order valence-electron chi connectivity index (χ2n) is 5.10. The zero-order valence-corrected chi connectivity index (χ0v) is 12.7. The van der Waals surface area contributed by atoms with Gasteiger partial charge in [-0.1, -0.05) is 12.1 Å². The van der Waals surface area contributed by atoms with E-state index in [-0.39, 0.29) is 5.82 Å². The second-order valence-corrected chi connectivity index (χ2v) is 6.10. The molecule has 0 spiro atoms. The van der Waals surface area contributed by atoms with Gasteiger partial charge in [-0.3, -0.25) is 5.10 Å². The number of aliphatic hydroxyl groups excluding tert-OH is 1. The Balaban J connectivity index is 1.65. The van der Waals surface area contributed by atoms with Gasteiger partial charge in [0.05, 0.1) is 0 Å². The Morgan fingerprint density at radius 2 is 2.23 bits per heavy atom. The maximum atomic E-state index is 13.3. The van der Waals surface area contributed by atoms with Gasteiger partial charge in [0, 0.05) is 11.3 Å². The summed E-state index contributed by atoms with van der Waals surface area (Å²) >= 11 is 1.66. The van der Waals surface area contributed by atoms with E-state index in [4.69, 9.17) is 0 Å². The highest BCUT2D eigenvalue weighted by molar-refractivity contribution is 7.10. The molecular weight excluding hydrogens is 301 g/mol. The number of thiophene rings is 1. The van der Waals surface area contributed by atoms with Crippen molar-refractivity contribution in [2.45, 2.75) is 25.4 Å². The van der Waals surface area contributed by atoms with Gasteiger partial charge in [-0.05, 0) is 47.5 Å². The fraction of sp³-hybridized carbons (Fsp3) is 0.250. The number of benzene rings is 1. The molecule has 0 amide bonds. The van der Waals surface area contributed by atoms with Crippen molar-refractivity contribution >= 4 is 11.3 Å². The zero-order valence-electron chi connectivity index (χ0n) is 11.9. The lowest BCUT2D eigenvalue weighted by molar-refractivity contribution is 0.158. The molecule has 2 aromatic heterocycles. The number of hydrogen-bond acceptors (Lipinski definition) is 4. The van der Waals surface area contributed by atoms with Crippen LogP contribution in [0.4, 0.5) is 4.39 Å². The predicted octanol–water partition coefficient (Wildman–Crippen LogP) is 3.26. The van der Waals surface area contributed by atoms with E-state index in [0.29, 0.717) is 18.7 Å². The normalized spacial score (nSPS) is 12.5. The average Bonchev–Trinajstić information content (AvgIpc) is 3.16. The third kappa shape index (κ3) is 3.58. The van der Waals surface area contributed by atoms with E-state index in [1.165, 1.54) is 22.8 Å². The lowest BCUT2D eigenvalue weighted by atomic mass is 10.0. The number of aliphatic hydroxyl groups is 1. The Kier molecular flexibility index (Phi) is 4.60. The molecule has 0 bridgehead atoms. The Hall–Kier alpha value is -2.05. The van der Waals surface area contributed by atoms with Gasteiger partial charge < -0.3 is 5.11 Å². The minimum Gasteiger partial charge on any atom is -0.385 e. The summed E-state index contributed by atoms with van der Waals surface area (Å²) in [7, 11) is 0. The van der Waals surface area contributed by atoms with E-state index in [0.717, 1.165) is 12.0 Å². The van der Waals surface area contributed by atoms with Crippen LogP contribution in [0.3, 0.4) is 0 Å². The summed E-state index contributed by atoms with van der Waals surface area (Å²) in [5.74, 6) is 0.276. The van der Waals surface area contributed by atoms with Crippen LogP contribution in [0.1, 0.15) is 34.4 Å². The van der Waals surface area contributed by atoms with Gasteiger partial charge in [-0.25, -0.2) is 9.37 Å². The first-order chi connectivity index (χ1) is 10.7. The molecule has 0 aliphatic rings. The number of halogens is 1. The van der Waals surface area contributed by atoms with Crippen molar-refractivity contribution in [2.75, 3.05) is 0 Å². The second kappa shape index (κ2) is 6.81. The highest BCUT2D eigenvalue weighted by atomic mass is 32.1. The number of aromatic amines is 1. The van der Waals surface area contributed by atoms with Gasteiger partial charge in [0.25, 0.3) is 0 Å². The topological polar surface area (TPSA) is 61.8 Å². The van der Waals surface area contributed by atoms with E-state index < -0.39 is 6.10 Å². The van der Waals surface area contributed by atoms with Crippen molar-refractivity contribution in [3.05, 3.63) is 69.7 Å². The molecule has 4 nitrogen and oxygen atoms in total. The number of rotatable bonds is 6. The Morgan fingerprint density at radius 3 is 3.00 bits per heavy atom. The van der Waals surface area contributed by atoms with Gasteiger partial charge in [0.1, 0.15) is 18.2 Å². The lowest BCUT2D eigenvalue weighted by Crippen LogP contribution is -2.02.